The Labute approximate surface area is 146 Å². The molecule has 1 amide bonds. The molecule has 0 aliphatic rings. The van der Waals surface area contributed by atoms with E-state index in [0.717, 1.165) is 29.4 Å². The van der Waals surface area contributed by atoms with Crippen molar-refractivity contribution in [1.82, 2.24) is 10.2 Å². The Hall–Kier alpha value is -1.40. The molecule has 2 aromatic rings. The fraction of sp³-hybridized carbons (Fsp3) is 0.471. The third-order valence-electron chi connectivity index (χ3n) is 3.68. The molecule has 0 radical (unpaired) electrons. The standard InChI is InChI=1S/C17H23N3OS2/c1-4-13(5-2)16-19-20-17(23-16)18-15(21)14-9-7-12(8-10-14)11-22-6-3/h7-10,13H,4-6,11H2,1-3H3,(H,18,20,21). The second kappa shape index (κ2) is 9.03. The molecule has 0 aliphatic carbocycles. The maximum Gasteiger partial charge on any atom is 0.257 e. The van der Waals surface area contributed by atoms with Crippen molar-refractivity contribution in [3.05, 3.63) is 40.4 Å². The second-order valence-corrected chi connectivity index (χ2v) is 7.53. The number of carbonyl (C=O) groups is 1. The van der Waals surface area contributed by atoms with Gasteiger partial charge in [0.25, 0.3) is 5.91 Å². The molecule has 23 heavy (non-hydrogen) atoms. The molecular formula is C17H23N3OS2. The Morgan fingerprint density at radius 3 is 2.48 bits per heavy atom. The Morgan fingerprint density at radius 1 is 1.17 bits per heavy atom. The maximum atomic E-state index is 12.3. The third-order valence-corrected chi connectivity index (χ3v) is 5.63. The number of aromatic nitrogens is 2. The number of amides is 1. The van der Waals surface area contributed by atoms with Gasteiger partial charge in [-0.05, 0) is 36.3 Å². The summed E-state index contributed by atoms with van der Waals surface area (Å²) in [5, 5.41) is 12.7. The zero-order valence-electron chi connectivity index (χ0n) is 13.8. The van der Waals surface area contributed by atoms with Gasteiger partial charge >= 0.3 is 0 Å². The van der Waals surface area contributed by atoms with E-state index in [0.29, 0.717) is 16.6 Å². The smallest absolute Gasteiger partial charge is 0.257 e. The van der Waals surface area contributed by atoms with Crippen LogP contribution in [0.1, 0.15) is 60.5 Å². The molecule has 0 atom stereocenters. The summed E-state index contributed by atoms with van der Waals surface area (Å²) < 4.78 is 0. The maximum absolute atomic E-state index is 12.3. The third kappa shape index (κ3) is 5.04. The van der Waals surface area contributed by atoms with Crippen molar-refractivity contribution in [2.75, 3.05) is 11.1 Å². The monoisotopic (exact) mass is 349 g/mol. The first-order valence-electron chi connectivity index (χ1n) is 7.99. The van der Waals surface area contributed by atoms with E-state index in [9.17, 15) is 4.79 Å². The van der Waals surface area contributed by atoms with E-state index in [4.69, 9.17) is 0 Å². The SMILES string of the molecule is CCSCc1ccc(C(=O)Nc2nnc(C(CC)CC)s2)cc1. The topological polar surface area (TPSA) is 54.9 Å². The highest BCUT2D eigenvalue weighted by molar-refractivity contribution is 7.98. The lowest BCUT2D eigenvalue weighted by Gasteiger charge is -2.06. The highest BCUT2D eigenvalue weighted by atomic mass is 32.2. The van der Waals surface area contributed by atoms with Gasteiger partial charge < -0.3 is 0 Å². The summed E-state index contributed by atoms with van der Waals surface area (Å²) in [6.45, 7) is 6.43. The molecule has 0 aliphatic heterocycles. The first-order valence-corrected chi connectivity index (χ1v) is 9.96. The van der Waals surface area contributed by atoms with Crippen LogP contribution in [0.2, 0.25) is 0 Å². The lowest BCUT2D eigenvalue weighted by atomic mass is 10.1. The van der Waals surface area contributed by atoms with Crippen molar-refractivity contribution in [2.24, 2.45) is 0 Å². The van der Waals surface area contributed by atoms with Crippen molar-refractivity contribution in [3.8, 4) is 0 Å². The average Bonchev–Trinajstić information content (AvgIpc) is 3.03. The zero-order valence-corrected chi connectivity index (χ0v) is 15.5. The van der Waals surface area contributed by atoms with E-state index in [1.165, 1.54) is 16.9 Å². The quantitative estimate of drug-likeness (QED) is 0.733. The molecule has 2 rings (SSSR count). The summed E-state index contributed by atoms with van der Waals surface area (Å²) >= 11 is 3.34. The van der Waals surface area contributed by atoms with Gasteiger partial charge in [0.1, 0.15) is 5.01 Å². The second-order valence-electron chi connectivity index (χ2n) is 5.25. The Bertz CT molecular complexity index is 621. The van der Waals surface area contributed by atoms with Crippen molar-refractivity contribution >= 4 is 34.1 Å². The van der Waals surface area contributed by atoms with Gasteiger partial charge in [0.15, 0.2) is 0 Å². The normalized spacial score (nSPS) is 11.0. The summed E-state index contributed by atoms with van der Waals surface area (Å²) in [6, 6.07) is 7.74. The Balaban J connectivity index is 1.98. The molecule has 4 nitrogen and oxygen atoms in total. The lowest BCUT2D eigenvalue weighted by molar-refractivity contribution is 0.102. The number of nitrogens with one attached hydrogen (secondary N) is 1. The van der Waals surface area contributed by atoms with Crippen LogP contribution in [0.4, 0.5) is 5.13 Å². The number of rotatable bonds is 8. The van der Waals surface area contributed by atoms with Crippen LogP contribution < -0.4 is 5.32 Å². The van der Waals surface area contributed by atoms with Crippen LogP contribution in [0.3, 0.4) is 0 Å². The first kappa shape index (κ1) is 17.9. The van der Waals surface area contributed by atoms with Gasteiger partial charge in [0, 0.05) is 17.2 Å². The molecular weight excluding hydrogens is 326 g/mol. The number of benzene rings is 1. The first-order chi connectivity index (χ1) is 11.2. The van der Waals surface area contributed by atoms with Gasteiger partial charge in [-0.3, -0.25) is 10.1 Å². The molecule has 0 bridgehead atoms. The van der Waals surface area contributed by atoms with Gasteiger partial charge in [-0.25, -0.2) is 0 Å². The minimum Gasteiger partial charge on any atom is -0.296 e. The van der Waals surface area contributed by atoms with Gasteiger partial charge in [-0.1, -0.05) is 44.2 Å². The Kier molecular flexibility index (Phi) is 7.05. The lowest BCUT2D eigenvalue weighted by Crippen LogP contribution is -2.11. The number of carbonyl (C=O) groups excluding carboxylic acids is 1. The van der Waals surface area contributed by atoms with Crippen LogP contribution in [0, 0.1) is 0 Å². The number of nitrogens with zero attached hydrogens (tertiary/aromatic N) is 2. The van der Waals surface area contributed by atoms with Crippen molar-refractivity contribution < 1.29 is 4.79 Å². The van der Waals surface area contributed by atoms with Crippen LogP contribution in [-0.4, -0.2) is 21.9 Å². The molecule has 6 heteroatoms. The minimum absolute atomic E-state index is 0.132. The molecule has 124 valence electrons. The highest BCUT2D eigenvalue weighted by Crippen LogP contribution is 2.28. The van der Waals surface area contributed by atoms with Crippen LogP contribution in [0.15, 0.2) is 24.3 Å². The van der Waals surface area contributed by atoms with Crippen LogP contribution in [-0.2, 0) is 5.75 Å². The number of hydrogen-bond donors (Lipinski definition) is 1. The fourth-order valence-electron chi connectivity index (χ4n) is 2.23. The van der Waals surface area contributed by atoms with Crippen LogP contribution in [0.25, 0.3) is 0 Å². The Morgan fingerprint density at radius 2 is 1.87 bits per heavy atom. The summed E-state index contributed by atoms with van der Waals surface area (Å²) in [6.07, 6.45) is 2.08. The van der Waals surface area contributed by atoms with Gasteiger partial charge in [0.2, 0.25) is 5.13 Å². The average molecular weight is 350 g/mol. The molecule has 0 fully saturated rings. The van der Waals surface area contributed by atoms with E-state index >= 15 is 0 Å². The van der Waals surface area contributed by atoms with E-state index < -0.39 is 0 Å². The molecule has 1 heterocycles. The number of thioether (sulfide) groups is 1. The summed E-state index contributed by atoms with van der Waals surface area (Å²) in [5.41, 5.74) is 1.88. The fourth-order valence-corrected chi connectivity index (χ4v) is 3.87. The highest BCUT2D eigenvalue weighted by Gasteiger charge is 2.15. The van der Waals surface area contributed by atoms with Crippen molar-refractivity contribution in [3.63, 3.8) is 0 Å². The minimum atomic E-state index is -0.132. The van der Waals surface area contributed by atoms with Gasteiger partial charge in [-0.2, -0.15) is 11.8 Å². The molecule has 0 spiro atoms. The van der Waals surface area contributed by atoms with E-state index in [2.05, 4.69) is 36.3 Å². The zero-order chi connectivity index (χ0) is 16.7. The summed E-state index contributed by atoms with van der Waals surface area (Å²) in [7, 11) is 0. The molecule has 1 aromatic heterocycles. The molecule has 0 saturated carbocycles. The van der Waals surface area contributed by atoms with Crippen LogP contribution >= 0.6 is 23.1 Å². The van der Waals surface area contributed by atoms with Crippen molar-refractivity contribution in [2.45, 2.75) is 45.3 Å². The predicted molar refractivity (Wildman–Crippen MR) is 99.5 cm³/mol. The van der Waals surface area contributed by atoms with Gasteiger partial charge in [0.05, 0.1) is 0 Å². The summed E-state index contributed by atoms with van der Waals surface area (Å²) in [4.78, 5) is 12.3. The van der Waals surface area contributed by atoms with Gasteiger partial charge in [-0.15, -0.1) is 10.2 Å². The largest absolute Gasteiger partial charge is 0.296 e. The predicted octanol–water partition coefficient (Wildman–Crippen LogP) is 4.95. The van der Waals surface area contributed by atoms with Crippen LogP contribution in [0.5, 0.6) is 0 Å². The van der Waals surface area contributed by atoms with E-state index in [1.54, 1.807) is 0 Å². The van der Waals surface area contributed by atoms with E-state index in [1.807, 2.05) is 36.0 Å². The molecule has 1 aromatic carbocycles. The van der Waals surface area contributed by atoms with Crippen molar-refractivity contribution in [1.29, 1.82) is 0 Å². The molecule has 1 N–H and O–H groups in total. The molecule has 0 saturated heterocycles. The number of hydrogen-bond acceptors (Lipinski definition) is 5. The number of anilines is 1. The van der Waals surface area contributed by atoms with E-state index in [-0.39, 0.29) is 5.91 Å². The summed E-state index contributed by atoms with van der Waals surface area (Å²) in [5.74, 6) is 2.37. The molecule has 0 unspecified atom stereocenters.